The van der Waals surface area contributed by atoms with E-state index in [2.05, 4.69) is 51.4 Å². The molecular weight excluding hydrogens is 878 g/mol. The number of thiazole rings is 1. The molecule has 22 heteroatoms. The number of nitrogens with one attached hydrogen (secondary N) is 4. The summed E-state index contributed by atoms with van der Waals surface area (Å²) in [6.45, 7) is 7.49. The molecule has 65 heavy (non-hydrogen) atoms. The van der Waals surface area contributed by atoms with Crippen LogP contribution in [0, 0.1) is 13.8 Å². The quantitative estimate of drug-likeness (QED) is 0.0762. The fourth-order valence-corrected chi connectivity index (χ4v) is 8.78. The molecule has 0 aliphatic carbocycles. The Morgan fingerprint density at radius 1 is 1.00 bits per heavy atom. The third-order valence-electron chi connectivity index (χ3n) is 11.1. The number of carbonyl (C=O) groups is 6. The topological polar surface area (TPSA) is 239 Å². The molecule has 3 aliphatic heterocycles. The maximum absolute atomic E-state index is 13.3. The fraction of sp³-hybridized carbons (Fsp3) is 0.372. The molecule has 1 unspecified atom stereocenters. The first-order valence-electron chi connectivity index (χ1n) is 21.1. The molecule has 3 aromatic heterocycles. The average molecular weight is 924 g/mol. The number of aryl methyl sites for hydroxylation is 3. The summed E-state index contributed by atoms with van der Waals surface area (Å²) in [6, 6.07) is 11.1. The zero-order chi connectivity index (χ0) is 45.6. The Labute approximate surface area is 382 Å². The molecule has 0 saturated carbocycles. The molecule has 1 atom stereocenters. The summed E-state index contributed by atoms with van der Waals surface area (Å²) in [4.78, 5) is 95.3. The Kier molecular flexibility index (Phi) is 13.7. The van der Waals surface area contributed by atoms with E-state index in [1.165, 1.54) is 17.5 Å². The van der Waals surface area contributed by atoms with Crippen LogP contribution < -0.4 is 26.2 Å². The molecule has 3 aliphatic rings. The number of carbonyl (C=O) groups excluding carboxylic acids is 6. The Morgan fingerprint density at radius 2 is 1.82 bits per heavy atom. The lowest BCUT2D eigenvalue weighted by Crippen LogP contribution is -2.54. The van der Waals surface area contributed by atoms with Crippen LogP contribution in [0.4, 0.5) is 28.1 Å². The Morgan fingerprint density at radius 3 is 2.62 bits per heavy atom. The highest BCUT2D eigenvalue weighted by Gasteiger charge is 2.45. The van der Waals surface area contributed by atoms with E-state index in [1.807, 2.05) is 43.1 Å². The summed E-state index contributed by atoms with van der Waals surface area (Å²) in [5.74, 6) is -0.612. The van der Waals surface area contributed by atoms with Crippen molar-refractivity contribution >= 4 is 86.5 Å². The number of nitrogens with zero attached hydrogens (tertiary/aromatic N) is 9. The number of piperazine rings is 1. The number of benzene rings is 2. The van der Waals surface area contributed by atoms with Crippen molar-refractivity contribution in [2.24, 2.45) is 0 Å². The van der Waals surface area contributed by atoms with Crippen LogP contribution in [0.15, 0.2) is 54.9 Å². The van der Waals surface area contributed by atoms with Gasteiger partial charge in [-0.1, -0.05) is 46.4 Å². The number of anilines is 5. The van der Waals surface area contributed by atoms with Crippen molar-refractivity contribution in [2.45, 2.75) is 58.5 Å². The van der Waals surface area contributed by atoms with Crippen LogP contribution in [0.5, 0.6) is 0 Å². The van der Waals surface area contributed by atoms with Gasteiger partial charge < -0.3 is 30.5 Å². The van der Waals surface area contributed by atoms with Crippen LogP contribution >= 0.6 is 22.9 Å². The highest BCUT2D eigenvalue weighted by Crippen LogP contribution is 2.33. The van der Waals surface area contributed by atoms with Crippen molar-refractivity contribution < 1.29 is 33.5 Å². The standard InChI is InChI=1S/C43H46ClN13O7S/c1-25-6-3-9-29(44)38(25)51-40(61)32-23-46-43(65-32)49-33-22-34(48-26(2)47-33)54-15-17-55(18-16-54)36(59)11-4-7-27-24-56(53-52-27)19-21-64-20-14-45-30-10-5-8-28-37(30)42(63)57(41(28)62)31-12-13-35(58)50-39(31)60/h3,5-6,8-10,22-24,31,45H,4,7,11-21H2,1-2H3,(H,51,61)(H,50,58,60)(H,46,47,48,49). The molecule has 338 valence electrons. The summed E-state index contributed by atoms with van der Waals surface area (Å²) in [7, 11) is 0. The molecule has 6 amide bonds. The highest BCUT2D eigenvalue weighted by molar-refractivity contribution is 7.17. The second kappa shape index (κ2) is 19.9. The number of imide groups is 2. The molecule has 6 heterocycles. The van der Waals surface area contributed by atoms with Gasteiger partial charge in [-0.15, -0.1) is 5.10 Å². The number of para-hydroxylation sites is 1. The first-order chi connectivity index (χ1) is 31.4. The Hall–Kier alpha value is -6.84. The summed E-state index contributed by atoms with van der Waals surface area (Å²) in [5.41, 5.74) is 3.05. The molecule has 0 radical (unpaired) electrons. The van der Waals surface area contributed by atoms with Crippen molar-refractivity contribution in [3.63, 3.8) is 0 Å². The molecule has 2 saturated heterocycles. The summed E-state index contributed by atoms with van der Waals surface area (Å²) in [5, 5.41) is 20.8. The first kappa shape index (κ1) is 44.8. The summed E-state index contributed by atoms with van der Waals surface area (Å²) in [6.07, 6.45) is 5.09. The number of amides is 6. The third-order valence-corrected chi connectivity index (χ3v) is 12.3. The normalized spacial score (nSPS) is 16.2. The molecule has 0 bridgehead atoms. The number of ether oxygens (including phenoxy) is 1. The number of hydrogen-bond donors (Lipinski definition) is 4. The van der Waals surface area contributed by atoms with Gasteiger partial charge in [0, 0.05) is 63.5 Å². The summed E-state index contributed by atoms with van der Waals surface area (Å²) < 4.78 is 7.47. The molecule has 2 aromatic carbocycles. The SMILES string of the molecule is Cc1nc(Nc2ncc(C(=O)Nc3c(C)cccc3Cl)s2)cc(N2CCN(C(=O)CCCc3cn(CCOCCNc4cccc5c4C(=O)N(C4CCC(=O)NC4=O)C5=O)nn3)CC2)n1. The second-order valence-corrected chi connectivity index (χ2v) is 17.0. The maximum Gasteiger partial charge on any atom is 0.267 e. The van der Waals surface area contributed by atoms with Crippen molar-refractivity contribution in [1.29, 1.82) is 0 Å². The second-order valence-electron chi connectivity index (χ2n) is 15.6. The van der Waals surface area contributed by atoms with E-state index >= 15 is 0 Å². The van der Waals surface area contributed by atoms with Gasteiger partial charge in [0.25, 0.3) is 17.7 Å². The number of piperidine rings is 1. The molecule has 2 fully saturated rings. The van der Waals surface area contributed by atoms with E-state index < -0.39 is 29.7 Å². The van der Waals surface area contributed by atoms with Gasteiger partial charge in [0.05, 0.1) is 53.5 Å². The fourth-order valence-electron chi connectivity index (χ4n) is 7.80. The minimum Gasteiger partial charge on any atom is -0.382 e. The lowest BCUT2D eigenvalue weighted by molar-refractivity contribution is -0.136. The lowest BCUT2D eigenvalue weighted by Gasteiger charge is -2.35. The van der Waals surface area contributed by atoms with Crippen molar-refractivity contribution in [3.05, 3.63) is 93.0 Å². The van der Waals surface area contributed by atoms with E-state index in [0.29, 0.717) is 110 Å². The number of halogens is 1. The highest BCUT2D eigenvalue weighted by atomic mass is 35.5. The Balaban J connectivity index is 0.724. The molecule has 8 rings (SSSR count). The van der Waals surface area contributed by atoms with Crippen molar-refractivity contribution in [1.82, 2.24) is 45.1 Å². The molecule has 20 nitrogen and oxygen atoms in total. The van der Waals surface area contributed by atoms with Crippen molar-refractivity contribution in [3.8, 4) is 0 Å². The monoisotopic (exact) mass is 923 g/mol. The molecular formula is C43H46ClN13O7S. The van der Waals surface area contributed by atoms with Crippen LogP contribution in [0.1, 0.15) is 73.2 Å². The van der Waals surface area contributed by atoms with Gasteiger partial charge in [-0.3, -0.25) is 39.0 Å². The Bertz CT molecular complexity index is 2630. The van der Waals surface area contributed by atoms with Crippen LogP contribution in [-0.2, 0) is 32.1 Å². The maximum atomic E-state index is 13.3. The van der Waals surface area contributed by atoms with E-state index in [9.17, 15) is 28.8 Å². The molecule has 4 N–H and O–H groups in total. The smallest absolute Gasteiger partial charge is 0.267 e. The first-order valence-corrected chi connectivity index (χ1v) is 22.3. The zero-order valence-electron chi connectivity index (χ0n) is 35.6. The van der Waals surface area contributed by atoms with Crippen LogP contribution in [0.25, 0.3) is 0 Å². The van der Waals surface area contributed by atoms with Gasteiger partial charge in [-0.2, -0.15) is 0 Å². The predicted octanol–water partition coefficient (Wildman–Crippen LogP) is 3.99. The van der Waals surface area contributed by atoms with Gasteiger partial charge >= 0.3 is 0 Å². The van der Waals surface area contributed by atoms with Gasteiger partial charge in [0.15, 0.2) is 5.13 Å². The van der Waals surface area contributed by atoms with Gasteiger partial charge in [0.1, 0.15) is 28.4 Å². The average Bonchev–Trinajstić information content (AvgIpc) is 4.01. The zero-order valence-corrected chi connectivity index (χ0v) is 37.2. The molecule has 5 aromatic rings. The van der Waals surface area contributed by atoms with Gasteiger partial charge in [-0.25, -0.2) is 19.6 Å². The third kappa shape index (κ3) is 10.4. The minimum atomic E-state index is -1.03. The molecule has 0 spiro atoms. The van der Waals surface area contributed by atoms with E-state index in [-0.39, 0.29) is 35.8 Å². The number of rotatable bonds is 17. The van der Waals surface area contributed by atoms with Gasteiger partial charge in [0.2, 0.25) is 17.7 Å². The van der Waals surface area contributed by atoms with Gasteiger partial charge in [-0.05, 0) is 56.9 Å². The van der Waals surface area contributed by atoms with Crippen molar-refractivity contribution in [2.75, 3.05) is 66.8 Å². The van der Waals surface area contributed by atoms with E-state index in [0.717, 1.165) is 22.0 Å². The van der Waals surface area contributed by atoms with Crippen LogP contribution in [0.3, 0.4) is 0 Å². The number of aromatic nitrogens is 6. The van der Waals surface area contributed by atoms with Crippen LogP contribution in [0.2, 0.25) is 5.02 Å². The summed E-state index contributed by atoms with van der Waals surface area (Å²) >= 11 is 7.48. The van der Waals surface area contributed by atoms with Crippen LogP contribution in [-0.4, -0.2) is 127 Å². The predicted molar refractivity (Wildman–Crippen MR) is 240 cm³/mol. The van der Waals surface area contributed by atoms with E-state index in [1.54, 1.807) is 28.9 Å². The number of hydrogen-bond acceptors (Lipinski definition) is 16. The largest absolute Gasteiger partial charge is 0.382 e. The van der Waals surface area contributed by atoms with E-state index in [4.69, 9.17) is 16.3 Å². The minimum absolute atomic E-state index is 0.0501. The lowest BCUT2D eigenvalue weighted by atomic mass is 10.0. The number of fused-ring (bicyclic) bond motifs is 1.